The van der Waals surface area contributed by atoms with E-state index in [1.807, 2.05) is 6.92 Å². The smallest absolute Gasteiger partial charge is 0.271 e. The Morgan fingerprint density at radius 2 is 2.14 bits per heavy atom. The van der Waals surface area contributed by atoms with Crippen LogP contribution in [0.3, 0.4) is 0 Å². The number of nitrogens with zero attached hydrogens (tertiary/aromatic N) is 2. The Bertz CT molecular complexity index is 683. The third-order valence-corrected chi connectivity index (χ3v) is 2.71. The predicted molar refractivity (Wildman–Crippen MR) is 79.6 cm³/mol. The van der Waals surface area contributed by atoms with Crippen molar-refractivity contribution in [3.63, 3.8) is 0 Å². The quantitative estimate of drug-likeness (QED) is 0.518. The van der Waals surface area contributed by atoms with Gasteiger partial charge in [-0.05, 0) is 25.1 Å². The fraction of sp³-hybridized carbons (Fsp3) is 0.133. The molecule has 108 valence electrons. The first-order chi connectivity index (χ1) is 10.1. The monoisotopic (exact) mass is 286 g/mol. The third kappa shape index (κ3) is 3.79. The highest BCUT2D eigenvalue weighted by molar-refractivity contribution is 5.85. The highest BCUT2D eigenvalue weighted by atomic mass is 16.6. The van der Waals surface area contributed by atoms with E-state index in [0.717, 1.165) is 0 Å². The number of ether oxygens (including phenoxy) is 1. The van der Waals surface area contributed by atoms with Gasteiger partial charge < -0.3 is 9.84 Å². The van der Waals surface area contributed by atoms with Gasteiger partial charge >= 0.3 is 0 Å². The molecule has 0 aliphatic rings. The Labute approximate surface area is 121 Å². The molecule has 0 radical (unpaired) electrons. The number of aromatic hydroxyl groups is 1. The molecule has 0 aromatic heterocycles. The van der Waals surface area contributed by atoms with Crippen molar-refractivity contribution in [1.29, 1.82) is 0 Å². The van der Waals surface area contributed by atoms with E-state index in [4.69, 9.17) is 4.74 Å². The van der Waals surface area contributed by atoms with Gasteiger partial charge in [0.1, 0.15) is 11.5 Å². The van der Waals surface area contributed by atoms with Gasteiger partial charge in [-0.25, -0.2) is 0 Å². The van der Waals surface area contributed by atoms with Crippen molar-refractivity contribution in [3.05, 3.63) is 58.1 Å². The number of hydrogen-bond donors (Lipinski definition) is 1. The average Bonchev–Trinajstić information content (AvgIpc) is 2.47. The van der Waals surface area contributed by atoms with Crippen LogP contribution in [-0.4, -0.2) is 22.9 Å². The molecule has 2 rings (SSSR count). The third-order valence-electron chi connectivity index (χ3n) is 2.71. The molecule has 0 heterocycles. The first kappa shape index (κ1) is 14.5. The highest BCUT2D eigenvalue weighted by Crippen LogP contribution is 2.24. The van der Waals surface area contributed by atoms with Gasteiger partial charge in [-0.3, -0.25) is 15.1 Å². The molecule has 21 heavy (non-hydrogen) atoms. The standard InChI is InChI=1S/C15H14N2O4/c1-2-21-14-7-6-11(15(18)9-14)10-16-12-4-3-5-13(8-12)17(19)20/h3-10,18H,2H2,1H3. The van der Waals surface area contributed by atoms with Gasteiger partial charge in [-0.2, -0.15) is 0 Å². The van der Waals surface area contributed by atoms with Crippen LogP contribution in [0.4, 0.5) is 11.4 Å². The van der Waals surface area contributed by atoms with Crippen LogP contribution >= 0.6 is 0 Å². The second-order valence-electron chi connectivity index (χ2n) is 4.19. The lowest BCUT2D eigenvalue weighted by Crippen LogP contribution is -1.92. The molecule has 0 bridgehead atoms. The average molecular weight is 286 g/mol. The fourth-order valence-corrected chi connectivity index (χ4v) is 1.72. The van der Waals surface area contributed by atoms with Crippen LogP contribution in [0.25, 0.3) is 0 Å². The molecule has 0 fully saturated rings. The van der Waals surface area contributed by atoms with Gasteiger partial charge in [0.05, 0.1) is 17.2 Å². The van der Waals surface area contributed by atoms with Crippen LogP contribution in [0.15, 0.2) is 47.5 Å². The summed E-state index contributed by atoms with van der Waals surface area (Å²) >= 11 is 0. The molecule has 0 atom stereocenters. The lowest BCUT2D eigenvalue weighted by Gasteiger charge is -2.04. The number of rotatable bonds is 5. The van der Waals surface area contributed by atoms with Crippen molar-refractivity contribution in [3.8, 4) is 11.5 Å². The summed E-state index contributed by atoms with van der Waals surface area (Å²) in [4.78, 5) is 14.3. The lowest BCUT2D eigenvalue weighted by molar-refractivity contribution is -0.384. The largest absolute Gasteiger partial charge is 0.507 e. The zero-order valence-electron chi connectivity index (χ0n) is 11.4. The van der Waals surface area contributed by atoms with Crippen LogP contribution in [0, 0.1) is 10.1 Å². The Morgan fingerprint density at radius 3 is 2.81 bits per heavy atom. The van der Waals surface area contributed by atoms with Crippen LogP contribution in [0.5, 0.6) is 11.5 Å². The summed E-state index contributed by atoms with van der Waals surface area (Å²) in [6.07, 6.45) is 1.45. The van der Waals surface area contributed by atoms with Crippen LogP contribution in [-0.2, 0) is 0 Å². The van der Waals surface area contributed by atoms with E-state index >= 15 is 0 Å². The zero-order chi connectivity index (χ0) is 15.2. The maximum absolute atomic E-state index is 10.7. The number of nitro groups is 1. The molecule has 0 saturated heterocycles. The second-order valence-corrected chi connectivity index (χ2v) is 4.19. The summed E-state index contributed by atoms with van der Waals surface area (Å²) in [7, 11) is 0. The van der Waals surface area contributed by atoms with E-state index in [2.05, 4.69) is 4.99 Å². The predicted octanol–water partition coefficient (Wildman–Crippen LogP) is 3.45. The van der Waals surface area contributed by atoms with Crippen LogP contribution < -0.4 is 4.74 Å². The maximum Gasteiger partial charge on any atom is 0.271 e. The number of benzene rings is 2. The van der Waals surface area contributed by atoms with Crippen LogP contribution in [0.1, 0.15) is 12.5 Å². The molecule has 0 unspecified atom stereocenters. The molecule has 2 aromatic carbocycles. The first-order valence-corrected chi connectivity index (χ1v) is 6.34. The van der Waals surface area contributed by atoms with Gasteiger partial charge in [0.25, 0.3) is 5.69 Å². The van der Waals surface area contributed by atoms with Gasteiger partial charge in [-0.15, -0.1) is 0 Å². The number of aliphatic imine (C=N–C) groups is 1. The summed E-state index contributed by atoms with van der Waals surface area (Å²) in [6.45, 7) is 2.37. The molecule has 6 heteroatoms. The molecular formula is C15H14N2O4. The topological polar surface area (TPSA) is 85.0 Å². The Hall–Kier alpha value is -2.89. The minimum absolute atomic E-state index is 0.0273. The summed E-state index contributed by atoms with van der Waals surface area (Å²) in [5, 5.41) is 20.5. The van der Waals surface area contributed by atoms with Gasteiger partial charge in [0, 0.05) is 30.0 Å². The molecule has 0 saturated carbocycles. The Kier molecular flexibility index (Phi) is 4.50. The van der Waals surface area contributed by atoms with Crippen molar-refractivity contribution in [1.82, 2.24) is 0 Å². The maximum atomic E-state index is 10.7. The zero-order valence-corrected chi connectivity index (χ0v) is 11.4. The lowest BCUT2D eigenvalue weighted by atomic mass is 10.2. The van der Waals surface area contributed by atoms with Crippen molar-refractivity contribution < 1.29 is 14.8 Å². The molecular weight excluding hydrogens is 272 g/mol. The minimum Gasteiger partial charge on any atom is -0.507 e. The highest BCUT2D eigenvalue weighted by Gasteiger charge is 2.05. The summed E-state index contributed by atoms with van der Waals surface area (Å²) in [6, 6.07) is 10.9. The SMILES string of the molecule is CCOc1ccc(C=Nc2cccc([N+](=O)[O-])c2)c(O)c1. The number of phenols is 1. The van der Waals surface area contributed by atoms with Gasteiger partial charge in [-0.1, -0.05) is 6.07 Å². The normalized spacial score (nSPS) is 10.7. The number of nitro benzene ring substituents is 1. The second kappa shape index (κ2) is 6.51. The molecule has 0 amide bonds. The van der Waals surface area contributed by atoms with Gasteiger partial charge in [0.15, 0.2) is 0 Å². The van der Waals surface area contributed by atoms with Crippen molar-refractivity contribution >= 4 is 17.6 Å². The Morgan fingerprint density at radius 1 is 1.33 bits per heavy atom. The van der Waals surface area contributed by atoms with E-state index in [-0.39, 0.29) is 11.4 Å². The fourth-order valence-electron chi connectivity index (χ4n) is 1.72. The number of hydrogen-bond acceptors (Lipinski definition) is 5. The molecule has 0 aliphatic carbocycles. The van der Waals surface area contributed by atoms with Crippen molar-refractivity contribution in [2.75, 3.05) is 6.61 Å². The number of non-ortho nitro benzene ring substituents is 1. The van der Waals surface area contributed by atoms with Crippen molar-refractivity contribution in [2.45, 2.75) is 6.92 Å². The van der Waals surface area contributed by atoms with Gasteiger partial charge in [0.2, 0.25) is 0 Å². The van der Waals surface area contributed by atoms with E-state index in [0.29, 0.717) is 23.6 Å². The first-order valence-electron chi connectivity index (χ1n) is 6.34. The van der Waals surface area contributed by atoms with E-state index in [1.165, 1.54) is 24.4 Å². The van der Waals surface area contributed by atoms with Crippen LogP contribution in [0.2, 0.25) is 0 Å². The molecule has 0 spiro atoms. The summed E-state index contributed by atoms with van der Waals surface area (Å²) in [5.41, 5.74) is 0.919. The van der Waals surface area contributed by atoms with E-state index < -0.39 is 4.92 Å². The molecule has 0 aliphatic heterocycles. The Balaban J connectivity index is 2.21. The van der Waals surface area contributed by atoms with E-state index in [9.17, 15) is 15.2 Å². The van der Waals surface area contributed by atoms with Crippen molar-refractivity contribution in [2.24, 2.45) is 4.99 Å². The summed E-state index contributed by atoms with van der Waals surface area (Å²) in [5.74, 6) is 0.609. The molecule has 6 nitrogen and oxygen atoms in total. The molecule has 2 aromatic rings. The summed E-state index contributed by atoms with van der Waals surface area (Å²) < 4.78 is 5.27. The van der Waals surface area contributed by atoms with E-state index in [1.54, 1.807) is 24.3 Å². The minimum atomic E-state index is -0.479. The number of phenolic OH excluding ortho intramolecular Hbond substituents is 1. The molecule has 1 N–H and O–H groups in total.